The predicted octanol–water partition coefficient (Wildman–Crippen LogP) is 2.97. The van der Waals surface area contributed by atoms with Crippen molar-refractivity contribution in [1.29, 1.82) is 5.26 Å². The molecule has 0 unspecified atom stereocenters. The van der Waals surface area contributed by atoms with Gasteiger partial charge in [0.25, 0.3) is 0 Å². The summed E-state index contributed by atoms with van der Waals surface area (Å²) in [6.07, 6.45) is 0.230. The molecule has 5 nitrogen and oxygen atoms in total. The van der Waals surface area contributed by atoms with Crippen molar-refractivity contribution in [2.75, 3.05) is 0 Å². The Hall–Kier alpha value is -2.79. The molecular formula is C16H11F2NO4S. The Labute approximate surface area is 137 Å². The lowest BCUT2D eigenvalue weighted by atomic mass is 10.1. The number of hydrogen-bond acceptors (Lipinski definition) is 5. The van der Waals surface area contributed by atoms with E-state index < -0.39 is 26.5 Å². The van der Waals surface area contributed by atoms with E-state index in [-0.39, 0.29) is 17.7 Å². The average molecular weight is 351 g/mol. The van der Waals surface area contributed by atoms with E-state index in [1.54, 1.807) is 12.1 Å². The molecule has 0 saturated carbocycles. The highest BCUT2D eigenvalue weighted by Crippen LogP contribution is 2.20. The van der Waals surface area contributed by atoms with Crippen LogP contribution >= 0.6 is 0 Å². The second kappa shape index (κ2) is 7.19. The molecule has 0 N–H and O–H groups in total. The van der Waals surface area contributed by atoms with Crippen LogP contribution in [0.4, 0.5) is 8.78 Å². The van der Waals surface area contributed by atoms with E-state index in [0.717, 1.165) is 29.8 Å². The summed E-state index contributed by atoms with van der Waals surface area (Å²) in [5.41, 5.74) is 0.781. The largest absolute Gasteiger partial charge is 0.423 e. The second-order valence-corrected chi connectivity index (χ2v) is 6.62. The van der Waals surface area contributed by atoms with Crippen molar-refractivity contribution in [2.45, 2.75) is 17.1 Å². The molecule has 0 spiro atoms. The number of carbonyl (C=O) groups excluding carboxylic acids is 1. The third-order valence-corrected chi connectivity index (χ3v) is 4.47. The summed E-state index contributed by atoms with van der Waals surface area (Å²) in [7, 11) is -4.70. The number of halogens is 2. The lowest BCUT2D eigenvalue weighted by Gasteiger charge is -2.06. The summed E-state index contributed by atoms with van der Waals surface area (Å²) in [6, 6.07) is 12.3. The number of nitrogens with zero attached hydrogens (tertiary/aromatic N) is 1. The van der Waals surface area contributed by atoms with Crippen molar-refractivity contribution < 1.29 is 26.7 Å². The number of sulfone groups is 1. The van der Waals surface area contributed by atoms with Gasteiger partial charge in [-0.15, -0.1) is 0 Å². The average Bonchev–Trinajstić information content (AvgIpc) is 2.57. The lowest BCUT2D eigenvalue weighted by molar-refractivity contribution is 0.0734. The lowest BCUT2D eigenvalue weighted by Crippen LogP contribution is -2.12. The molecule has 8 heteroatoms. The maximum Gasteiger partial charge on any atom is 0.343 e. The highest BCUT2D eigenvalue weighted by atomic mass is 32.2. The van der Waals surface area contributed by atoms with E-state index in [1.807, 2.05) is 6.07 Å². The maximum atomic E-state index is 12.4. The summed E-state index contributed by atoms with van der Waals surface area (Å²) in [4.78, 5) is 11.4. The number of hydrogen-bond donors (Lipinski definition) is 0. The van der Waals surface area contributed by atoms with Crippen LogP contribution in [0.5, 0.6) is 5.75 Å². The Morgan fingerprint density at radius 2 is 1.67 bits per heavy atom. The van der Waals surface area contributed by atoms with Gasteiger partial charge in [-0.3, -0.25) is 0 Å². The van der Waals surface area contributed by atoms with Crippen LogP contribution in [0.3, 0.4) is 0 Å². The van der Waals surface area contributed by atoms with E-state index >= 15 is 0 Å². The molecule has 0 fully saturated rings. The van der Waals surface area contributed by atoms with Gasteiger partial charge in [-0.25, -0.2) is 13.2 Å². The van der Waals surface area contributed by atoms with Crippen molar-refractivity contribution in [1.82, 2.24) is 0 Å². The molecule has 0 saturated heterocycles. The number of rotatable bonds is 5. The Morgan fingerprint density at radius 3 is 2.17 bits per heavy atom. The van der Waals surface area contributed by atoms with Crippen molar-refractivity contribution in [2.24, 2.45) is 0 Å². The highest BCUT2D eigenvalue weighted by molar-refractivity contribution is 7.91. The zero-order valence-electron chi connectivity index (χ0n) is 12.1. The first-order chi connectivity index (χ1) is 11.3. The molecule has 124 valence electrons. The minimum absolute atomic E-state index is 0.0179. The molecule has 0 amide bonds. The van der Waals surface area contributed by atoms with Crippen LogP contribution in [-0.2, 0) is 16.3 Å². The Morgan fingerprint density at radius 1 is 1.08 bits per heavy atom. The molecule has 0 aromatic heterocycles. The molecule has 0 aliphatic carbocycles. The molecule has 2 aromatic carbocycles. The number of esters is 1. The first kappa shape index (κ1) is 17.6. The first-order valence-corrected chi connectivity index (χ1v) is 8.19. The van der Waals surface area contributed by atoms with Gasteiger partial charge in [-0.2, -0.15) is 14.0 Å². The fourth-order valence-electron chi connectivity index (χ4n) is 1.82. The van der Waals surface area contributed by atoms with E-state index in [1.165, 1.54) is 12.1 Å². The fourth-order valence-corrected chi connectivity index (χ4v) is 2.54. The molecular weight excluding hydrogens is 340 g/mol. The van der Waals surface area contributed by atoms with Crippen molar-refractivity contribution in [3.8, 4) is 11.8 Å². The number of alkyl halides is 2. The summed E-state index contributed by atoms with van der Waals surface area (Å²) in [5, 5.41) is 8.57. The maximum absolute atomic E-state index is 12.4. The summed E-state index contributed by atoms with van der Waals surface area (Å²) < 4.78 is 52.6. The normalized spacial score (nSPS) is 11.1. The summed E-state index contributed by atoms with van der Waals surface area (Å²) >= 11 is 0. The molecule has 24 heavy (non-hydrogen) atoms. The van der Waals surface area contributed by atoms with E-state index in [0.29, 0.717) is 0 Å². The van der Waals surface area contributed by atoms with E-state index in [9.17, 15) is 22.0 Å². The van der Waals surface area contributed by atoms with Crippen molar-refractivity contribution >= 4 is 15.8 Å². The number of ether oxygens (including phenoxy) is 1. The van der Waals surface area contributed by atoms with Crippen LogP contribution < -0.4 is 4.74 Å². The van der Waals surface area contributed by atoms with Crippen LogP contribution in [0.15, 0.2) is 53.4 Å². The van der Waals surface area contributed by atoms with Gasteiger partial charge in [-0.1, -0.05) is 12.1 Å². The number of carbonyl (C=O) groups is 1. The topological polar surface area (TPSA) is 84.2 Å². The first-order valence-electron chi connectivity index (χ1n) is 6.65. The third kappa shape index (κ3) is 3.94. The Kier molecular flexibility index (Phi) is 5.26. The van der Waals surface area contributed by atoms with E-state index in [4.69, 9.17) is 10.00 Å². The number of nitriles is 1. The summed E-state index contributed by atoms with van der Waals surface area (Å²) in [5.74, 6) is -4.04. The van der Waals surface area contributed by atoms with Crippen LogP contribution in [-0.4, -0.2) is 20.1 Å². The fraction of sp³-hybridized carbons (Fsp3) is 0.125. The van der Waals surface area contributed by atoms with Gasteiger partial charge in [0.1, 0.15) is 5.75 Å². The van der Waals surface area contributed by atoms with Crippen LogP contribution in [0.1, 0.15) is 15.9 Å². The van der Waals surface area contributed by atoms with Gasteiger partial charge < -0.3 is 4.74 Å². The van der Waals surface area contributed by atoms with Gasteiger partial charge >= 0.3 is 11.7 Å². The zero-order valence-corrected chi connectivity index (χ0v) is 13.0. The Bertz CT molecular complexity index is 870. The molecule has 0 radical (unpaired) electrons. The van der Waals surface area contributed by atoms with Crippen LogP contribution in [0.25, 0.3) is 0 Å². The van der Waals surface area contributed by atoms with Crippen molar-refractivity contribution in [3.05, 3.63) is 59.7 Å². The molecule has 0 bridgehead atoms. The number of benzene rings is 2. The van der Waals surface area contributed by atoms with Gasteiger partial charge in [0.2, 0.25) is 9.84 Å². The smallest absolute Gasteiger partial charge is 0.343 e. The van der Waals surface area contributed by atoms with Gasteiger partial charge in [0.05, 0.1) is 22.9 Å². The van der Waals surface area contributed by atoms with Gasteiger partial charge in [0.15, 0.2) is 0 Å². The standard InChI is InChI=1S/C16H11F2NO4S/c17-16(18)24(21,22)14-7-3-12(4-8-14)15(20)23-13-5-1-11(2-6-13)9-10-19/h1-8,16H,9H2. The molecule has 0 heterocycles. The quantitative estimate of drug-likeness (QED) is 0.611. The van der Waals surface area contributed by atoms with Gasteiger partial charge in [0, 0.05) is 0 Å². The monoisotopic (exact) mass is 351 g/mol. The highest BCUT2D eigenvalue weighted by Gasteiger charge is 2.26. The minimum Gasteiger partial charge on any atom is -0.423 e. The third-order valence-electron chi connectivity index (χ3n) is 3.07. The second-order valence-electron chi connectivity index (χ2n) is 4.70. The van der Waals surface area contributed by atoms with Gasteiger partial charge in [-0.05, 0) is 42.0 Å². The SMILES string of the molecule is N#CCc1ccc(OC(=O)c2ccc(S(=O)(=O)C(F)F)cc2)cc1. The minimum atomic E-state index is -4.70. The molecule has 2 rings (SSSR count). The predicted molar refractivity (Wildman–Crippen MR) is 80.3 cm³/mol. The zero-order chi connectivity index (χ0) is 17.7. The molecule has 0 aliphatic heterocycles. The molecule has 0 atom stereocenters. The molecule has 2 aromatic rings. The van der Waals surface area contributed by atoms with Crippen LogP contribution in [0, 0.1) is 11.3 Å². The van der Waals surface area contributed by atoms with Crippen LogP contribution in [0.2, 0.25) is 0 Å². The van der Waals surface area contributed by atoms with E-state index in [2.05, 4.69) is 0 Å². The van der Waals surface area contributed by atoms with Crippen molar-refractivity contribution in [3.63, 3.8) is 0 Å². The summed E-state index contributed by atoms with van der Waals surface area (Å²) in [6.45, 7) is 0. The Balaban J connectivity index is 2.12. The molecule has 0 aliphatic rings.